The first kappa shape index (κ1) is 21.4. The number of hydrogen-bond acceptors (Lipinski definition) is 5. The van der Waals surface area contributed by atoms with E-state index in [2.05, 4.69) is 10.6 Å². The number of primary amides is 1. The molecule has 3 aromatic rings. The van der Waals surface area contributed by atoms with Gasteiger partial charge >= 0.3 is 0 Å². The average molecular weight is 419 g/mol. The molecule has 158 valence electrons. The van der Waals surface area contributed by atoms with Crippen molar-refractivity contribution in [3.05, 3.63) is 83.9 Å². The highest BCUT2D eigenvalue weighted by Crippen LogP contribution is 2.23. The van der Waals surface area contributed by atoms with Crippen LogP contribution >= 0.6 is 0 Å². The van der Waals surface area contributed by atoms with Crippen LogP contribution in [0.2, 0.25) is 0 Å². The van der Waals surface area contributed by atoms with E-state index in [1.54, 1.807) is 72.8 Å². The van der Waals surface area contributed by atoms with Crippen LogP contribution in [0.15, 0.2) is 72.8 Å². The first-order valence-corrected chi connectivity index (χ1v) is 9.37. The zero-order chi connectivity index (χ0) is 22.2. The highest BCUT2D eigenvalue weighted by atomic mass is 16.5. The normalized spacial score (nSPS) is 10.1. The second-order valence-corrected chi connectivity index (χ2v) is 6.46. The van der Waals surface area contributed by atoms with E-state index in [0.717, 1.165) is 0 Å². The number of benzene rings is 3. The number of carbonyl (C=O) groups excluding carboxylic acids is 3. The van der Waals surface area contributed by atoms with Crippen LogP contribution in [0.4, 0.5) is 5.69 Å². The van der Waals surface area contributed by atoms with Gasteiger partial charge in [0.2, 0.25) is 5.91 Å². The molecule has 3 aromatic carbocycles. The number of nitrogens with two attached hydrogens (primary N) is 1. The first-order chi connectivity index (χ1) is 14.9. The van der Waals surface area contributed by atoms with E-state index in [1.807, 2.05) is 0 Å². The summed E-state index contributed by atoms with van der Waals surface area (Å²) in [5.41, 5.74) is 6.58. The fraction of sp³-hybridized carbons (Fsp3) is 0.0870. The van der Waals surface area contributed by atoms with Crippen LogP contribution in [0.5, 0.6) is 17.2 Å². The summed E-state index contributed by atoms with van der Waals surface area (Å²) in [6.07, 6.45) is 0. The summed E-state index contributed by atoms with van der Waals surface area (Å²) in [6, 6.07) is 19.8. The Kier molecular flexibility index (Phi) is 6.85. The second kappa shape index (κ2) is 9.93. The molecule has 0 aromatic heterocycles. The largest absolute Gasteiger partial charge is 0.484 e. The minimum atomic E-state index is -0.509. The lowest BCUT2D eigenvalue weighted by Gasteiger charge is -2.10. The lowest BCUT2D eigenvalue weighted by atomic mass is 10.2. The maximum atomic E-state index is 12.5. The van der Waals surface area contributed by atoms with Crippen LogP contribution < -0.4 is 25.8 Å². The monoisotopic (exact) mass is 419 g/mol. The Morgan fingerprint density at radius 1 is 0.839 bits per heavy atom. The molecular formula is C23H21N3O5. The third-order valence-corrected chi connectivity index (χ3v) is 4.23. The number of likely N-dealkylation sites (N-methyl/N-ethyl adjacent to an activating group) is 1. The Balaban J connectivity index is 1.60. The van der Waals surface area contributed by atoms with Crippen LogP contribution in [0.25, 0.3) is 0 Å². The van der Waals surface area contributed by atoms with Gasteiger partial charge in [0.1, 0.15) is 17.2 Å². The van der Waals surface area contributed by atoms with Crippen molar-refractivity contribution in [1.29, 1.82) is 0 Å². The standard InChI is InChI=1S/C23H21N3O5/c1-25-21(27)14-30-20-4-2-3-17(13-20)26-23(29)16-7-11-19(12-8-16)31-18-9-5-15(6-10-18)22(24)28/h2-13H,14H2,1H3,(H2,24,28)(H,25,27)(H,26,29). The molecule has 0 aliphatic rings. The van der Waals surface area contributed by atoms with E-state index in [-0.39, 0.29) is 18.4 Å². The van der Waals surface area contributed by atoms with E-state index in [4.69, 9.17) is 15.2 Å². The van der Waals surface area contributed by atoms with Crippen molar-refractivity contribution in [3.63, 3.8) is 0 Å². The van der Waals surface area contributed by atoms with Crippen molar-refractivity contribution in [3.8, 4) is 17.2 Å². The Morgan fingerprint density at radius 3 is 2.03 bits per heavy atom. The van der Waals surface area contributed by atoms with Crippen LogP contribution in [-0.4, -0.2) is 31.4 Å². The van der Waals surface area contributed by atoms with Gasteiger partial charge in [-0.05, 0) is 60.7 Å². The molecule has 0 unspecified atom stereocenters. The molecule has 31 heavy (non-hydrogen) atoms. The predicted octanol–water partition coefficient (Wildman–Crippen LogP) is 2.95. The molecule has 0 spiro atoms. The molecule has 0 aliphatic heterocycles. The van der Waals surface area contributed by atoms with Crippen LogP contribution in [0, 0.1) is 0 Å². The van der Waals surface area contributed by atoms with Gasteiger partial charge in [0.15, 0.2) is 6.61 Å². The molecular weight excluding hydrogens is 398 g/mol. The first-order valence-electron chi connectivity index (χ1n) is 9.37. The summed E-state index contributed by atoms with van der Waals surface area (Å²) in [7, 11) is 1.53. The van der Waals surface area contributed by atoms with Gasteiger partial charge in [0.25, 0.3) is 11.8 Å². The molecule has 0 bridgehead atoms. The van der Waals surface area contributed by atoms with E-state index < -0.39 is 5.91 Å². The Morgan fingerprint density at radius 2 is 1.45 bits per heavy atom. The van der Waals surface area contributed by atoms with Crippen LogP contribution in [0.3, 0.4) is 0 Å². The molecule has 0 radical (unpaired) electrons. The molecule has 3 amide bonds. The zero-order valence-corrected chi connectivity index (χ0v) is 16.8. The zero-order valence-electron chi connectivity index (χ0n) is 16.8. The lowest BCUT2D eigenvalue weighted by Crippen LogP contribution is -2.24. The number of anilines is 1. The van der Waals surface area contributed by atoms with Gasteiger partial charge in [-0.2, -0.15) is 0 Å². The summed E-state index contributed by atoms with van der Waals surface area (Å²) in [4.78, 5) is 34.9. The second-order valence-electron chi connectivity index (χ2n) is 6.46. The molecule has 4 N–H and O–H groups in total. The maximum Gasteiger partial charge on any atom is 0.257 e. The van der Waals surface area contributed by atoms with Gasteiger partial charge in [-0.25, -0.2) is 0 Å². The number of hydrogen-bond donors (Lipinski definition) is 3. The summed E-state index contributed by atoms with van der Waals surface area (Å²) >= 11 is 0. The van der Waals surface area contributed by atoms with E-state index in [1.165, 1.54) is 7.05 Å². The van der Waals surface area contributed by atoms with Crippen LogP contribution in [-0.2, 0) is 4.79 Å². The SMILES string of the molecule is CNC(=O)COc1cccc(NC(=O)c2ccc(Oc3ccc(C(N)=O)cc3)cc2)c1. The minimum absolute atomic E-state index is 0.110. The fourth-order valence-corrected chi connectivity index (χ4v) is 2.59. The molecule has 3 rings (SSSR count). The van der Waals surface area contributed by atoms with Crippen molar-refractivity contribution in [2.45, 2.75) is 0 Å². The van der Waals surface area contributed by atoms with Gasteiger partial charge in [0.05, 0.1) is 0 Å². The number of nitrogens with one attached hydrogen (secondary N) is 2. The number of carbonyl (C=O) groups is 3. The van der Waals surface area contributed by atoms with Crippen molar-refractivity contribution >= 4 is 23.4 Å². The van der Waals surface area contributed by atoms with Crippen LogP contribution in [0.1, 0.15) is 20.7 Å². The topological polar surface area (TPSA) is 120 Å². The third kappa shape index (κ3) is 6.07. The van der Waals surface area contributed by atoms with Crippen molar-refractivity contribution in [2.24, 2.45) is 5.73 Å². The predicted molar refractivity (Wildman–Crippen MR) is 115 cm³/mol. The average Bonchev–Trinajstić information content (AvgIpc) is 2.78. The third-order valence-electron chi connectivity index (χ3n) is 4.23. The Bertz CT molecular complexity index is 1080. The molecule has 8 nitrogen and oxygen atoms in total. The smallest absolute Gasteiger partial charge is 0.257 e. The number of rotatable bonds is 8. The molecule has 8 heteroatoms. The van der Waals surface area contributed by atoms with Crippen molar-refractivity contribution < 1.29 is 23.9 Å². The summed E-state index contributed by atoms with van der Waals surface area (Å²) in [5.74, 6) is 0.475. The van der Waals surface area contributed by atoms with E-state index in [0.29, 0.717) is 34.1 Å². The molecule has 0 saturated heterocycles. The van der Waals surface area contributed by atoms with Crippen molar-refractivity contribution in [1.82, 2.24) is 5.32 Å². The summed E-state index contributed by atoms with van der Waals surface area (Å²) in [5, 5.41) is 5.25. The highest BCUT2D eigenvalue weighted by molar-refractivity contribution is 6.04. The molecule has 0 atom stereocenters. The minimum Gasteiger partial charge on any atom is -0.484 e. The molecule has 0 fully saturated rings. The number of amides is 3. The molecule has 0 heterocycles. The van der Waals surface area contributed by atoms with E-state index in [9.17, 15) is 14.4 Å². The fourth-order valence-electron chi connectivity index (χ4n) is 2.59. The Labute approximate surface area is 179 Å². The highest BCUT2D eigenvalue weighted by Gasteiger charge is 2.08. The van der Waals surface area contributed by atoms with Gasteiger partial charge in [-0.3, -0.25) is 14.4 Å². The van der Waals surface area contributed by atoms with Crippen molar-refractivity contribution in [2.75, 3.05) is 19.0 Å². The Hall–Kier alpha value is -4.33. The van der Waals surface area contributed by atoms with Gasteiger partial charge in [-0.1, -0.05) is 6.07 Å². The molecule has 0 aliphatic carbocycles. The van der Waals surface area contributed by atoms with Gasteiger partial charge in [-0.15, -0.1) is 0 Å². The number of ether oxygens (including phenoxy) is 2. The summed E-state index contributed by atoms with van der Waals surface area (Å²) < 4.78 is 11.1. The molecule has 0 saturated carbocycles. The maximum absolute atomic E-state index is 12.5. The van der Waals surface area contributed by atoms with Gasteiger partial charge in [0, 0.05) is 29.9 Å². The lowest BCUT2D eigenvalue weighted by molar-refractivity contribution is -0.122. The summed E-state index contributed by atoms with van der Waals surface area (Å²) in [6.45, 7) is -0.110. The quantitative estimate of drug-likeness (QED) is 0.519. The van der Waals surface area contributed by atoms with Gasteiger partial charge < -0.3 is 25.8 Å². The van der Waals surface area contributed by atoms with E-state index >= 15 is 0 Å².